The Balaban J connectivity index is 2.43. The van der Waals surface area contributed by atoms with Crippen molar-refractivity contribution in [3.8, 4) is 0 Å². The van der Waals surface area contributed by atoms with Gasteiger partial charge in [0, 0.05) is 25.2 Å². The molecule has 0 aromatic heterocycles. The second kappa shape index (κ2) is 5.96. The predicted octanol–water partition coefficient (Wildman–Crippen LogP) is 1.30. The molecule has 1 saturated heterocycles. The number of anilines is 1. The molecule has 1 aliphatic rings. The van der Waals surface area contributed by atoms with Crippen LogP contribution in [0, 0.1) is 16.0 Å². The number of nitrogens with one attached hydrogen (secondary N) is 1. The van der Waals surface area contributed by atoms with Crippen molar-refractivity contribution in [1.82, 2.24) is 4.31 Å². The van der Waals surface area contributed by atoms with Crippen molar-refractivity contribution in [2.45, 2.75) is 24.7 Å². The van der Waals surface area contributed by atoms with Gasteiger partial charge in [0.25, 0.3) is 5.69 Å². The van der Waals surface area contributed by atoms with E-state index in [1.165, 1.54) is 16.4 Å². The summed E-state index contributed by atoms with van der Waals surface area (Å²) in [6.07, 6.45) is 1.55. The van der Waals surface area contributed by atoms with E-state index in [2.05, 4.69) is 12.3 Å². The van der Waals surface area contributed by atoms with Gasteiger partial charge in [-0.2, -0.15) is 4.31 Å². The van der Waals surface area contributed by atoms with Crippen LogP contribution in [0.3, 0.4) is 0 Å². The van der Waals surface area contributed by atoms with Crippen LogP contribution in [0.25, 0.3) is 0 Å². The Bertz CT molecular complexity index is 639. The van der Waals surface area contributed by atoms with Crippen LogP contribution in [0.15, 0.2) is 23.1 Å². The van der Waals surface area contributed by atoms with Gasteiger partial charge < -0.3 is 5.43 Å². The summed E-state index contributed by atoms with van der Waals surface area (Å²) in [5.74, 6) is 5.80. The highest BCUT2D eigenvalue weighted by Crippen LogP contribution is 2.30. The molecule has 116 valence electrons. The summed E-state index contributed by atoms with van der Waals surface area (Å²) in [4.78, 5) is 10.1. The van der Waals surface area contributed by atoms with Crippen LogP contribution in [-0.2, 0) is 10.0 Å². The lowest BCUT2D eigenvalue weighted by Crippen LogP contribution is -2.38. The van der Waals surface area contributed by atoms with E-state index >= 15 is 0 Å². The Morgan fingerprint density at radius 1 is 1.38 bits per heavy atom. The van der Waals surface area contributed by atoms with E-state index in [1.54, 1.807) is 0 Å². The fourth-order valence-electron chi connectivity index (χ4n) is 2.32. The minimum Gasteiger partial charge on any atom is -0.323 e. The summed E-state index contributed by atoms with van der Waals surface area (Å²) < 4.78 is 26.7. The van der Waals surface area contributed by atoms with Crippen molar-refractivity contribution in [3.05, 3.63) is 28.3 Å². The number of hydrazine groups is 1. The van der Waals surface area contributed by atoms with Gasteiger partial charge in [-0.05, 0) is 24.8 Å². The van der Waals surface area contributed by atoms with Gasteiger partial charge in [-0.1, -0.05) is 6.92 Å². The summed E-state index contributed by atoms with van der Waals surface area (Å²) in [5, 5.41) is 10.8. The molecule has 1 fully saturated rings. The molecule has 0 radical (unpaired) electrons. The van der Waals surface area contributed by atoms with E-state index in [9.17, 15) is 18.5 Å². The van der Waals surface area contributed by atoms with E-state index in [-0.39, 0.29) is 16.3 Å². The molecule has 0 aliphatic carbocycles. The van der Waals surface area contributed by atoms with E-state index in [0.717, 1.165) is 18.9 Å². The third kappa shape index (κ3) is 3.14. The molecule has 0 unspecified atom stereocenters. The number of nitro benzene ring substituents is 1. The molecule has 9 heteroatoms. The molecule has 3 N–H and O–H groups in total. The molecule has 0 saturated carbocycles. The first-order chi connectivity index (χ1) is 9.86. The Morgan fingerprint density at radius 2 is 2.00 bits per heavy atom. The molecule has 0 amide bonds. The van der Waals surface area contributed by atoms with E-state index in [1.807, 2.05) is 0 Å². The lowest BCUT2D eigenvalue weighted by molar-refractivity contribution is -0.385. The first-order valence-electron chi connectivity index (χ1n) is 6.61. The zero-order chi connectivity index (χ0) is 15.6. The molecule has 1 aliphatic heterocycles. The number of non-ortho nitro benzene ring substituents is 1. The second-order valence-electron chi connectivity index (χ2n) is 5.17. The smallest absolute Gasteiger partial charge is 0.270 e. The van der Waals surface area contributed by atoms with E-state index in [0.29, 0.717) is 19.0 Å². The van der Waals surface area contributed by atoms with Crippen LogP contribution in [0.4, 0.5) is 11.4 Å². The van der Waals surface area contributed by atoms with Crippen molar-refractivity contribution < 1.29 is 13.3 Å². The number of hydrogen-bond acceptors (Lipinski definition) is 6. The number of piperidine rings is 1. The quantitative estimate of drug-likeness (QED) is 0.491. The van der Waals surface area contributed by atoms with Gasteiger partial charge in [-0.15, -0.1) is 0 Å². The van der Waals surface area contributed by atoms with Crippen LogP contribution in [0.2, 0.25) is 0 Å². The normalized spacial score (nSPS) is 17.6. The molecule has 0 atom stereocenters. The number of nitrogens with two attached hydrogens (primary N) is 1. The van der Waals surface area contributed by atoms with Crippen molar-refractivity contribution in [1.29, 1.82) is 0 Å². The standard InChI is InChI=1S/C12H18N4O4S/c1-9-4-6-15(7-5-9)21(19,20)12-8-10(16(17)18)2-3-11(12)14-13/h2-3,8-9,14H,4-7,13H2,1H3. The number of nitro groups is 1. The molecular formula is C12H18N4O4S. The third-order valence-electron chi connectivity index (χ3n) is 3.69. The van der Waals surface area contributed by atoms with Gasteiger partial charge in [0.15, 0.2) is 0 Å². The summed E-state index contributed by atoms with van der Waals surface area (Å²) in [7, 11) is -3.80. The number of nitrogens with zero attached hydrogens (tertiary/aromatic N) is 2. The average molecular weight is 314 g/mol. The third-order valence-corrected chi connectivity index (χ3v) is 5.63. The molecule has 21 heavy (non-hydrogen) atoms. The van der Waals surface area contributed by atoms with Crippen molar-refractivity contribution in [2.24, 2.45) is 11.8 Å². The topological polar surface area (TPSA) is 119 Å². The zero-order valence-corrected chi connectivity index (χ0v) is 12.5. The van der Waals surface area contributed by atoms with Gasteiger partial charge >= 0.3 is 0 Å². The van der Waals surface area contributed by atoms with Gasteiger partial charge in [0.1, 0.15) is 4.90 Å². The Kier molecular flexibility index (Phi) is 4.45. The summed E-state index contributed by atoms with van der Waals surface area (Å²) >= 11 is 0. The number of nitrogen functional groups attached to an aromatic ring is 1. The van der Waals surface area contributed by atoms with Gasteiger partial charge in [0.05, 0.1) is 10.6 Å². The molecule has 1 aromatic rings. The van der Waals surface area contributed by atoms with Crippen molar-refractivity contribution >= 4 is 21.4 Å². The van der Waals surface area contributed by atoms with Gasteiger partial charge in [-0.3, -0.25) is 16.0 Å². The van der Waals surface area contributed by atoms with E-state index < -0.39 is 14.9 Å². The molecule has 1 heterocycles. The minimum atomic E-state index is -3.80. The highest BCUT2D eigenvalue weighted by Gasteiger charge is 2.31. The maximum absolute atomic E-state index is 12.7. The molecular weight excluding hydrogens is 296 g/mol. The van der Waals surface area contributed by atoms with Crippen LogP contribution in [0.1, 0.15) is 19.8 Å². The monoisotopic (exact) mass is 314 g/mol. The maximum Gasteiger partial charge on any atom is 0.270 e. The Hall–Kier alpha value is -1.71. The van der Waals surface area contributed by atoms with Crippen LogP contribution < -0.4 is 11.3 Å². The van der Waals surface area contributed by atoms with Gasteiger partial charge in [-0.25, -0.2) is 8.42 Å². The number of sulfonamides is 1. The molecule has 8 nitrogen and oxygen atoms in total. The first kappa shape index (κ1) is 15.7. The fourth-order valence-corrected chi connectivity index (χ4v) is 3.97. The Labute approximate surface area is 123 Å². The van der Waals surface area contributed by atoms with Crippen molar-refractivity contribution in [2.75, 3.05) is 18.5 Å². The van der Waals surface area contributed by atoms with Gasteiger partial charge in [0.2, 0.25) is 10.0 Å². The second-order valence-corrected chi connectivity index (χ2v) is 7.07. The van der Waals surface area contributed by atoms with E-state index in [4.69, 9.17) is 5.84 Å². The maximum atomic E-state index is 12.7. The fraction of sp³-hybridized carbons (Fsp3) is 0.500. The molecule has 0 bridgehead atoms. The Morgan fingerprint density at radius 3 is 2.52 bits per heavy atom. The summed E-state index contributed by atoms with van der Waals surface area (Å²) in [5.41, 5.74) is 2.16. The van der Waals surface area contributed by atoms with Crippen LogP contribution >= 0.6 is 0 Å². The number of benzene rings is 1. The number of rotatable bonds is 4. The van der Waals surface area contributed by atoms with Crippen LogP contribution in [-0.4, -0.2) is 30.7 Å². The molecule has 0 spiro atoms. The van der Waals surface area contributed by atoms with Crippen molar-refractivity contribution in [3.63, 3.8) is 0 Å². The molecule has 1 aromatic carbocycles. The predicted molar refractivity (Wildman–Crippen MR) is 78.1 cm³/mol. The minimum absolute atomic E-state index is 0.152. The SMILES string of the molecule is CC1CCN(S(=O)(=O)c2cc([N+](=O)[O-])ccc2NN)CC1. The largest absolute Gasteiger partial charge is 0.323 e. The average Bonchev–Trinajstić information content (AvgIpc) is 2.46. The van der Waals surface area contributed by atoms with Crippen LogP contribution in [0.5, 0.6) is 0 Å². The number of hydrogen-bond donors (Lipinski definition) is 2. The zero-order valence-electron chi connectivity index (χ0n) is 11.7. The highest BCUT2D eigenvalue weighted by atomic mass is 32.2. The summed E-state index contributed by atoms with van der Waals surface area (Å²) in [6.45, 7) is 2.90. The lowest BCUT2D eigenvalue weighted by atomic mass is 10.0. The molecule has 2 rings (SSSR count). The highest BCUT2D eigenvalue weighted by molar-refractivity contribution is 7.89. The lowest BCUT2D eigenvalue weighted by Gasteiger charge is -2.29. The summed E-state index contributed by atoms with van der Waals surface area (Å²) in [6, 6.07) is 3.56. The first-order valence-corrected chi connectivity index (χ1v) is 8.05.